The summed E-state index contributed by atoms with van der Waals surface area (Å²) in [6, 6.07) is 0. The minimum Gasteiger partial charge on any atom is -0.462 e. The van der Waals surface area contributed by atoms with E-state index in [1.165, 1.54) is 70.6 Å². The van der Waals surface area contributed by atoms with Gasteiger partial charge < -0.3 is 19.3 Å². The van der Waals surface area contributed by atoms with Crippen molar-refractivity contribution in [1.29, 1.82) is 0 Å². The Morgan fingerprint density at radius 3 is 1.50 bits per heavy atom. The molecule has 0 aliphatic heterocycles. The van der Waals surface area contributed by atoms with Crippen molar-refractivity contribution in [1.82, 2.24) is 0 Å². The summed E-state index contributed by atoms with van der Waals surface area (Å²) in [5.74, 6) is -0.937. The van der Waals surface area contributed by atoms with E-state index in [9.17, 15) is 14.2 Å². The molecule has 278 valence electrons. The van der Waals surface area contributed by atoms with Gasteiger partial charge in [0, 0.05) is 12.8 Å². The first kappa shape index (κ1) is 46.0. The van der Waals surface area contributed by atoms with Crippen LogP contribution in [-0.4, -0.2) is 41.0 Å². The number of unbranched alkanes of at least 4 members (excludes halogenated alkanes) is 16. The number of esters is 2. The van der Waals surface area contributed by atoms with Crippen LogP contribution in [-0.2, 0) is 28.2 Å². The fraction of sp³-hybridized carbons (Fsp3) is 0.744. The average molecular weight is 697 g/mol. The molecule has 1 atom stereocenters. The number of rotatable bonds is 34. The van der Waals surface area contributed by atoms with Gasteiger partial charge in [-0.15, -0.1) is 0 Å². The Labute approximate surface area is 293 Å². The third kappa shape index (κ3) is 36.8. The van der Waals surface area contributed by atoms with Crippen LogP contribution in [0, 0.1) is 0 Å². The molecule has 0 unspecified atom stereocenters. The molecule has 0 rings (SSSR count). The molecule has 0 bridgehead atoms. The quantitative estimate of drug-likeness (QED) is 0.0295. The molecule has 0 aromatic rings. The molecule has 0 heterocycles. The Morgan fingerprint density at radius 2 is 0.938 bits per heavy atom. The van der Waals surface area contributed by atoms with Crippen LogP contribution >= 0.6 is 7.82 Å². The van der Waals surface area contributed by atoms with E-state index in [0.717, 1.165) is 57.8 Å². The van der Waals surface area contributed by atoms with E-state index < -0.39 is 32.5 Å². The maximum atomic E-state index is 12.3. The summed E-state index contributed by atoms with van der Waals surface area (Å²) in [5.41, 5.74) is 0. The third-order valence-electron chi connectivity index (χ3n) is 7.82. The zero-order chi connectivity index (χ0) is 35.4. The van der Waals surface area contributed by atoms with Crippen LogP contribution in [0.1, 0.15) is 168 Å². The number of carbonyl (C=O) groups is 2. The number of ether oxygens (including phenoxy) is 2. The zero-order valence-corrected chi connectivity index (χ0v) is 31.3. The maximum absolute atomic E-state index is 12.3. The predicted molar refractivity (Wildman–Crippen MR) is 198 cm³/mol. The van der Waals surface area contributed by atoms with Crippen molar-refractivity contribution in [2.75, 3.05) is 13.2 Å². The van der Waals surface area contributed by atoms with Gasteiger partial charge in [-0.3, -0.25) is 14.1 Å². The molecule has 8 nitrogen and oxygen atoms in total. The first-order valence-corrected chi connectivity index (χ1v) is 20.5. The first-order chi connectivity index (χ1) is 23.3. The summed E-state index contributed by atoms with van der Waals surface area (Å²) < 4.78 is 26.3. The molecule has 0 saturated carbocycles. The van der Waals surface area contributed by atoms with E-state index >= 15 is 0 Å². The second-order valence-electron chi connectivity index (χ2n) is 12.5. The Hall–Kier alpha value is -1.99. The van der Waals surface area contributed by atoms with Gasteiger partial charge in [0.25, 0.3) is 0 Å². The minimum absolute atomic E-state index is 0.161. The van der Waals surface area contributed by atoms with Crippen molar-refractivity contribution in [3.8, 4) is 0 Å². The van der Waals surface area contributed by atoms with Gasteiger partial charge in [-0.2, -0.15) is 0 Å². The van der Waals surface area contributed by atoms with E-state index in [4.69, 9.17) is 19.3 Å². The monoisotopic (exact) mass is 696 g/mol. The number of hydrogen-bond donors (Lipinski definition) is 2. The highest BCUT2D eigenvalue weighted by molar-refractivity contribution is 7.46. The minimum atomic E-state index is -4.76. The molecule has 0 radical (unpaired) electrons. The molecule has 9 heteroatoms. The SMILES string of the molecule is CCCCC/C=C/C/C=C/C/C=C/CCCCC(=O)O[C@H](COC(=O)CCCCCCCCC/C=C/CCCCCC)COP(=O)(O)O. The van der Waals surface area contributed by atoms with Gasteiger partial charge in [0.15, 0.2) is 6.10 Å². The molecule has 0 aromatic heterocycles. The highest BCUT2D eigenvalue weighted by atomic mass is 31.2. The molecule has 0 fully saturated rings. The van der Waals surface area contributed by atoms with Gasteiger partial charge in [-0.1, -0.05) is 127 Å². The van der Waals surface area contributed by atoms with Crippen LogP contribution in [0.5, 0.6) is 0 Å². The van der Waals surface area contributed by atoms with Gasteiger partial charge >= 0.3 is 19.8 Å². The fourth-order valence-corrected chi connectivity index (χ4v) is 5.32. The normalized spacial score (nSPS) is 13.0. The number of hydrogen-bond acceptors (Lipinski definition) is 6. The van der Waals surface area contributed by atoms with E-state index in [1.54, 1.807) is 0 Å². The molecule has 0 aliphatic rings. The van der Waals surface area contributed by atoms with E-state index in [1.807, 2.05) is 0 Å². The number of allylic oxidation sites excluding steroid dienone is 8. The van der Waals surface area contributed by atoms with Crippen molar-refractivity contribution in [3.05, 3.63) is 48.6 Å². The van der Waals surface area contributed by atoms with E-state index in [-0.39, 0.29) is 19.4 Å². The zero-order valence-electron chi connectivity index (χ0n) is 30.4. The van der Waals surface area contributed by atoms with Crippen LogP contribution in [0.2, 0.25) is 0 Å². The van der Waals surface area contributed by atoms with E-state index in [0.29, 0.717) is 12.8 Å². The standard InChI is InChI=1S/C39H69O8P/c1-3-5-7-9-11-13-15-17-19-21-23-25-27-29-31-33-38(40)45-35-37(36-46-48(42,43)44)47-39(41)34-32-30-28-26-24-22-20-18-16-14-12-10-8-6-4-2/h12-15,18,20,24,26,37H,3-11,16-17,19,21-23,25,27-36H2,1-2H3,(H2,42,43,44)/b14-12+,15-13+,20-18+,26-24+/t37-/m1/s1. The van der Waals surface area contributed by atoms with Crippen molar-refractivity contribution in [3.63, 3.8) is 0 Å². The van der Waals surface area contributed by atoms with Crippen LogP contribution in [0.25, 0.3) is 0 Å². The molecule has 48 heavy (non-hydrogen) atoms. The first-order valence-electron chi connectivity index (χ1n) is 18.9. The molecule has 2 N–H and O–H groups in total. The van der Waals surface area contributed by atoms with Gasteiger partial charge in [-0.25, -0.2) is 4.57 Å². The van der Waals surface area contributed by atoms with Crippen molar-refractivity contribution >= 4 is 19.8 Å². The third-order valence-corrected chi connectivity index (χ3v) is 8.31. The topological polar surface area (TPSA) is 119 Å². The van der Waals surface area contributed by atoms with Gasteiger partial charge in [-0.05, 0) is 77.0 Å². The second kappa shape index (κ2) is 34.9. The van der Waals surface area contributed by atoms with Crippen molar-refractivity contribution < 1.29 is 37.9 Å². The molecular formula is C39H69O8P. The molecule has 0 amide bonds. The molecule has 0 aliphatic carbocycles. The van der Waals surface area contributed by atoms with Gasteiger partial charge in [0.05, 0.1) is 6.61 Å². The largest absolute Gasteiger partial charge is 0.469 e. The second-order valence-corrected chi connectivity index (χ2v) is 13.8. The molecule has 0 saturated heterocycles. The van der Waals surface area contributed by atoms with Gasteiger partial charge in [0.1, 0.15) is 6.61 Å². The van der Waals surface area contributed by atoms with Gasteiger partial charge in [0.2, 0.25) is 0 Å². The summed E-state index contributed by atoms with van der Waals surface area (Å²) in [4.78, 5) is 42.7. The molecule has 0 aromatic carbocycles. The lowest BCUT2D eigenvalue weighted by atomic mass is 10.1. The van der Waals surface area contributed by atoms with Crippen molar-refractivity contribution in [2.24, 2.45) is 0 Å². The molecule has 0 spiro atoms. The Balaban J connectivity index is 4.05. The van der Waals surface area contributed by atoms with Crippen LogP contribution < -0.4 is 0 Å². The summed E-state index contributed by atoms with van der Waals surface area (Å²) in [5, 5.41) is 0. The molecular weight excluding hydrogens is 627 g/mol. The van der Waals surface area contributed by atoms with Crippen LogP contribution in [0.3, 0.4) is 0 Å². The average Bonchev–Trinajstić information content (AvgIpc) is 3.05. The summed E-state index contributed by atoms with van der Waals surface area (Å²) >= 11 is 0. The lowest BCUT2D eigenvalue weighted by molar-refractivity contribution is -0.161. The number of phosphoric ester groups is 1. The van der Waals surface area contributed by atoms with E-state index in [2.05, 4.69) is 67.0 Å². The van der Waals surface area contributed by atoms with Crippen molar-refractivity contribution in [2.45, 2.75) is 174 Å². The number of carbonyl (C=O) groups excluding carboxylic acids is 2. The lowest BCUT2D eigenvalue weighted by Crippen LogP contribution is -2.29. The number of phosphoric acid groups is 1. The Kier molecular flexibility index (Phi) is 33.4. The summed E-state index contributed by atoms with van der Waals surface area (Å²) in [6.07, 6.45) is 41.1. The Bertz CT molecular complexity index is 921. The highest BCUT2D eigenvalue weighted by Crippen LogP contribution is 2.36. The highest BCUT2D eigenvalue weighted by Gasteiger charge is 2.22. The Morgan fingerprint density at radius 1 is 0.542 bits per heavy atom. The maximum Gasteiger partial charge on any atom is 0.469 e. The summed E-state index contributed by atoms with van der Waals surface area (Å²) in [6.45, 7) is 3.59. The fourth-order valence-electron chi connectivity index (χ4n) is 4.96. The van der Waals surface area contributed by atoms with Crippen LogP contribution in [0.15, 0.2) is 48.6 Å². The summed E-state index contributed by atoms with van der Waals surface area (Å²) in [7, 11) is -4.76. The van der Waals surface area contributed by atoms with Crippen LogP contribution in [0.4, 0.5) is 0 Å². The smallest absolute Gasteiger partial charge is 0.462 e. The lowest BCUT2D eigenvalue weighted by Gasteiger charge is -2.18. The predicted octanol–water partition coefficient (Wildman–Crippen LogP) is 11.2.